The molecule has 0 saturated carbocycles. The Morgan fingerprint density at radius 1 is 1.10 bits per heavy atom. The molecule has 1 fully saturated rings. The average Bonchev–Trinajstić information content (AvgIpc) is 1.90. The van der Waals surface area contributed by atoms with Crippen LogP contribution < -0.4 is 5.32 Å². The van der Waals surface area contributed by atoms with Gasteiger partial charge >= 0.3 is 11.4 Å². The van der Waals surface area contributed by atoms with E-state index in [1.165, 1.54) is 0 Å². The first-order chi connectivity index (χ1) is 4.73. The van der Waals surface area contributed by atoms with Crippen molar-refractivity contribution in [3.63, 3.8) is 0 Å². The van der Waals surface area contributed by atoms with Crippen LogP contribution in [0.4, 0.5) is 0 Å². The molecule has 0 aromatic carbocycles. The topological polar surface area (TPSA) is 21.3 Å². The molecule has 1 rings (SSSR count). The van der Waals surface area contributed by atoms with Gasteiger partial charge < -0.3 is 10.1 Å². The lowest BCUT2D eigenvalue weighted by Crippen LogP contribution is -2.30. The third kappa shape index (κ3) is 12.0. The lowest BCUT2D eigenvalue weighted by atomic mass is 10.5. The summed E-state index contributed by atoms with van der Waals surface area (Å²) in [4.78, 5) is 0. The Balaban J connectivity index is 0.000000180. The lowest BCUT2D eigenvalue weighted by Gasteiger charge is -2.10. The molecular formula is C4H9AlCl3NO. The van der Waals surface area contributed by atoms with Gasteiger partial charge in [0.05, 0.1) is 13.2 Å². The minimum absolute atomic E-state index is 0.889. The Bertz CT molecular complexity index is 57.3. The number of hydrogen-bond acceptors (Lipinski definition) is 2. The van der Waals surface area contributed by atoms with Crippen LogP contribution in [0.15, 0.2) is 0 Å². The van der Waals surface area contributed by atoms with Crippen molar-refractivity contribution in [2.24, 2.45) is 0 Å². The van der Waals surface area contributed by atoms with Crippen LogP contribution in [0, 0.1) is 0 Å². The van der Waals surface area contributed by atoms with Gasteiger partial charge in [-0.25, -0.2) is 30.1 Å². The van der Waals surface area contributed by atoms with Crippen molar-refractivity contribution >= 4 is 41.5 Å². The van der Waals surface area contributed by atoms with Gasteiger partial charge in [-0.3, -0.25) is 0 Å². The third-order valence-corrected chi connectivity index (χ3v) is 0.846. The van der Waals surface area contributed by atoms with Crippen LogP contribution in [0.25, 0.3) is 0 Å². The molecule has 1 saturated heterocycles. The van der Waals surface area contributed by atoms with E-state index in [1.807, 2.05) is 0 Å². The normalized spacial score (nSPS) is 17.1. The van der Waals surface area contributed by atoms with E-state index >= 15 is 0 Å². The highest BCUT2D eigenvalue weighted by Crippen LogP contribution is 1.97. The second-order valence-electron chi connectivity index (χ2n) is 1.61. The van der Waals surface area contributed by atoms with E-state index in [4.69, 9.17) is 34.9 Å². The Hall–Kier alpha value is 1.32. The predicted molar refractivity (Wildman–Crippen MR) is 47.0 cm³/mol. The molecule has 0 unspecified atom stereocenters. The van der Waals surface area contributed by atoms with Gasteiger partial charge in [0.15, 0.2) is 0 Å². The second-order valence-corrected chi connectivity index (χ2v) is 8.04. The van der Waals surface area contributed by atoms with Gasteiger partial charge in [-0.15, -0.1) is 0 Å². The van der Waals surface area contributed by atoms with Crippen molar-refractivity contribution in [1.29, 1.82) is 0 Å². The number of ether oxygens (including phenoxy) is 1. The summed E-state index contributed by atoms with van der Waals surface area (Å²) in [6.07, 6.45) is 0. The number of halogens is 3. The summed E-state index contributed by atoms with van der Waals surface area (Å²) < 4.78 is 5.01. The van der Waals surface area contributed by atoms with Crippen molar-refractivity contribution in [3.05, 3.63) is 0 Å². The minimum Gasteiger partial charge on any atom is -0.379 e. The molecule has 6 heteroatoms. The number of nitrogens with one attached hydrogen (secondary N) is 1. The summed E-state index contributed by atoms with van der Waals surface area (Å²) in [5.41, 5.74) is 0. The first-order valence-electron chi connectivity index (χ1n) is 2.94. The maximum atomic E-state index is 5.01. The van der Waals surface area contributed by atoms with Crippen LogP contribution in [-0.4, -0.2) is 37.7 Å². The van der Waals surface area contributed by atoms with E-state index in [9.17, 15) is 0 Å². The molecule has 1 aliphatic rings. The molecule has 0 amide bonds. The van der Waals surface area contributed by atoms with Crippen LogP contribution >= 0.6 is 30.1 Å². The van der Waals surface area contributed by atoms with Gasteiger partial charge in [-0.05, 0) is 0 Å². The highest BCUT2D eigenvalue weighted by Gasteiger charge is 2.00. The fraction of sp³-hybridized carbons (Fsp3) is 1.00. The van der Waals surface area contributed by atoms with E-state index in [1.54, 1.807) is 0 Å². The maximum Gasteiger partial charge on any atom is 0.643 e. The smallest absolute Gasteiger partial charge is 0.379 e. The number of hydrogen-bond donors (Lipinski definition) is 1. The zero-order chi connectivity index (χ0) is 7.82. The van der Waals surface area contributed by atoms with Crippen molar-refractivity contribution < 1.29 is 4.74 Å². The Labute approximate surface area is 77.8 Å². The third-order valence-electron chi connectivity index (χ3n) is 0.846. The average molecular weight is 220 g/mol. The Kier molecular flexibility index (Phi) is 9.53. The van der Waals surface area contributed by atoms with E-state index < -0.39 is 11.4 Å². The predicted octanol–water partition coefficient (Wildman–Crippen LogP) is 1.29. The van der Waals surface area contributed by atoms with Crippen LogP contribution in [0.1, 0.15) is 0 Å². The molecule has 0 atom stereocenters. The molecule has 0 aromatic rings. The van der Waals surface area contributed by atoms with E-state index in [2.05, 4.69) is 5.32 Å². The largest absolute Gasteiger partial charge is 0.643 e. The quantitative estimate of drug-likeness (QED) is 0.621. The summed E-state index contributed by atoms with van der Waals surface area (Å²) in [6, 6.07) is 0. The summed E-state index contributed by atoms with van der Waals surface area (Å²) in [7, 11) is 14.8. The highest BCUT2D eigenvalue weighted by molar-refractivity contribution is 7.54. The first kappa shape index (κ1) is 11.3. The minimum atomic E-state index is -1.72. The van der Waals surface area contributed by atoms with Crippen LogP contribution in [-0.2, 0) is 4.74 Å². The SMILES string of the molecule is C1COCCN1.[Cl][Al]([Cl])[Cl]. The van der Waals surface area contributed by atoms with Crippen molar-refractivity contribution in [2.75, 3.05) is 26.3 Å². The molecule has 1 aliphatic heterocycles. The lowest BCUT2D eigenvalue weighted by molar-refractivity contribution is 0.109. The zero-order valence-electron chi connectivity index (χ0n) is 5.45. The monoisotopic (exact) mass is 219 g/mol. The molecule has 2 nitrogen and oxygen atoms in total. The summed E-state index contributed by atoms with van der Waals surface area (Å²) >= 11 is -1.72. The van der Waals surface area contributed by atoms with Crippen LogP contribution in [0.2, 0.25) is 0 Å². The second kappa shape index (κ2) is 8.42. The Morgan fingerprint density at radius 2 is 1.50 bits per heavy atom. The first-order valence-corrected chi connectivity index (χ1v) is 8.18. The summed E-state index contributed by atoms with van der Waals surface area (Å²) in [5, 5.41) is 3.16. The molecule has 0 aromatic heterocycles. The molecule has 0 aliphatic carbocycles. The Morgan fingerprint density at radius 3 is 1.60 bits per heavy atom. The van der Waals surface area contributed by atoms with Crippen LogP contribution in [0.3, 0.4) is 0 Å². The standard InChI is InChI=1S/C4H9NO.Al.3ClH/c1-3-6-4-2-5-1;;;;/h5H,1-4H2;;3*1H/q;+3;;;/p-3. The fourth-order valence-corrected chi connectivity index (χ4v) is 0.516. The van der Waals surface area contributed by atoms with Crippen LogP contribution in [0.5, 0.6) is 0 Å². The molecule has 0 radical (unpaired) electrons. The molecule has 10 heavy (non-hydrogen) atoms. The van der Waals surface area contributed by atoms with Crippen molar-refractivity contribution in [1.82, 2.24) is 5.32 Å². The van der Waals surface area contributed by atoms with Gasteiger partial charge in [0.2, 0.25) is 0 Å². The number of rotatable bonds is 0. The van der Waals surface area contributed by atoms with E-state index in [-0.39, 0.29) is 0 Å². The van der Waals surface area contributed by atoms with Gasteiger partial charge in [-0.2, -0.15) is 0 Å². The molecule has 60 valence electrons. The highest BCUT2D eigenvalue weighted by atomic mass is 35.8. The van der Waals surface area contributed by atoms with Gasteiger partial charge in [0, 0.05) is 13.1 Å². The number of morpholine rings is 1. The molecular weight excluding hydrogens is 211 g/mol. The van der Waals surface area contributed by atoms with E-state index in [0.717, 1.165) is 26.3 Å². The summed E-state index contributed by atoms with van der Waals surface area (Å²) in [5.74, 6) is 0. The van der Waals surface area contributed by atoms with Gasteiger partial charge in [0.1, 0.15) is 0 Å². The molecule has 0 spiro atoms. The summed E-state index contributed by atoms with van der Waals surface area (Å²) in [6.45, 7) is 3.83. The van der Waals surface area contributed by atoms with Crippen molar-refractivity contribution in [3.8, 4) is 0 Å². The molecule has 0 bridgehead atoms. The van der Waals surface area contributed by atoms with Gasteiger partial charge in [-0.1, -0.05) is 0 Å². The molecule has 1 N–H and O–H groups in total. The van der Waals surface area contributed by atoms with E-state index in [0.29, 0.717) is 0 Å². The fourth-order valence-electron chi connectivity index (χ4n) is 0.516. The van der Waals surface area contributed by atoms with Crippen molar-refractivity contribution in [2.45, 2.75) is 0 Å². The van der Waals surface area contributed by atoms with Gasteiger partial charge in [0.25, 0.3) is 0 Å². The maximum absolute atomic E-state index is 5.01. The zero-order valence-corrected chi connectivity index (χ0v) is 8.87. The molecule has 1 heterocycles.